The number of terminal acetylenes is 1. The molecule has 5 heteroatoms. The molecule has 0 amide bonds. The molecule has 2 heterocycles. The maximum absolute atomic E-state index is 6.11. The second kappa shape index (κ2) is 4.96. The topological polar surface area (TPSA) is 61.7 Å². The normalized spacial score (nSPS) is 10.5. The Hall–Kier alpha value is -2.22. The van der Waals surface area contributed by atoms with Gasteiger partial charge < -0.3 is 14.9 Å². The highest BCUT2D eigenvalue weighted by Gasteiger charge is 2.16. The molecule has 0 aromatic carbocycles. The van der Waals surface area contributed by atoms with E-state index in [1.54, 1.807) is 12.5 Å². The second-order valence-corrected chi connectivity index (χ2v) is 4.16. The van der Waals surface area contributed by atoms with Crippen molar-refractivity contribution in [2.24, 2.45) is 0 Å². The zero-order chi connectivity index (χ0) is 13.1. The van der Waals surface area contributed by atoms with Crippen LogP contribution < -0.4 is 5.73 Å². The quantitative estimate of drug-likeness (QED) is 0.831. The summed E-state index contributed by atoms with van der Waals surface area (Å²) in [5, 5.41) is 0. The van der Waals surface area contributed by atoms with Gasteiger partial charge >= 0.3 is 0 Å². The third-order valence-corrected chi connectivity index (χ3v) is 2.87. The van der Waals surface area contributed by atoms with Gasteiger partial charge in [0.25, 0.3) is 0 Å². The summed E-state index contributed by atoms with van der Waals surface area (Å²) in [6.07, 6.45) is 9.95. The Labute approximate surface area is 107 Å². The fraction of sp³-hybridized carbons (Fsp3) is 0.385. The lowest BCUT2D eigenvalue weighted by Gasteiger charge is -2.06. The first-order valence-corrected chi connectivity index (χ1v) is 5.95. The highest BCUT2D eigenvalue weighted by molar-refractivity contribution is 5.68. The molecule has 2 rings (SSSR count). The first kappa shape index (κ1) is 12.2. The van der Waals surface area contributed by atoms with Gasteiger partial charge in [-0.15, -0.1) is 6.42 Å². The summed E-state index contributed by atoms with van der Waals surface area (Å²) in [7, 11) is 0. The first-order chi connectivity index (χ1) is 8.69. The molecule has 0 aliphatic rings. The van der Waals surface area contributed by atoms with Crippen molar-refractivity contribution in [1.29, 1.82) is 0 Å². The molecule has 2 aromatic rings. The number of anilines is 1. The van der Waals surface area contributed by atoms with Crippen molar-refractivity contribution in [2.45, 2.75) is 33.4 Å². The van der Waals surface area contributed by atoms with Crippen molar-refractivity contribution in [3.63, 3.8) is 0 Å². The van der Waals surface area contributed by atoms with Crippen LogP contribution in [0.25, 0.3) is 11.4 Å². The van der Waals surface area contributed by atoms with Gasteiger partial charge in [-0.2, -0.15) is 0 Å². The third kappa shape index (κ3) is 1.97. The summed E-state index contributed by atoms with van der Waals surface area (Å²) in [5.41, 5.74) is 7.81. The molecule has 0 fully saturated rings. The molecule has 18 heavy (non-hydrogen) atoms. The molecule has 0 saturated carbocycles. The second-order valence-electron chi connectivity index (χ2n) is 4.16. The fourth-order valence-corrected chi connectivity index (χ4v) is 2.00. The molecule has 0 atom stereocenters. The first-order valence-electron chi connectivity index (χ1n) is 5.95. The number of nitrogen functional groups attached to an aromatic ring is 1. The van der Waals surface area contributed by atoms with Gasteiger partial charge in [-0.25, -0.2) is 9.97 Å². The van der Waals surface area contributed by atoms with Crippen LogP contribution >= 0.6 is 0 Å². The van der Waals surface area contributed by atoms with Crippen LogP contribution in [0.4, 0.5) is 5.82 Å². The molecule has 0 bridgehead atoms. The Morgan fingerprint density at radius 3 is 2.94 bits per heavy atom. The number of hydrogen-bond acceptors (Lipinski definition) is 3. The molecule has 0 aliphatic carbocycles. The summed E-state index contributed by atoms with van der Waals surface area (Å²) >= 11 is 0. The number of imidazole rings is 2. The average molecular weight is 243 g/mol. The summed E-state index contributed by atoms with van der Waals surface area (Å²) in [4.78, 5) is 8.66. The van der Waals surface area contributed by atoms with E-state index in [1.807, 2.05) is 11.5 Å². The van der Waals surface area contributed by atoms with E-state index >= 15 is 0 Å². The summed E-state index contributed by atoms with van der Waals surface area (Å²) in [5.74, 6) is 4.01. The molecule has 2 N–H and O–H groups in total. The van der Waals surface area contributed by atoms with E-state index in [1.165, 1.54) is 0 Å². The van der Waals surface area contributed by atoms with E-state index in [0.29, 0.717) is 12.4 Å². The Morgan fingerprint density at radius 2 is 2.28 bits per heavy atom. The lowest BCUT2D eigenvalue weighted by molar-refractivity contribution is 0.683. The molecular weight excluding hydrogens is 226 g/mol. The molecule has 0 aliphatic heterocycles. The van der Waals surface area contributed by atoms with Gasteiger partial charge in [0.1, 0.15) is 17.3 Å². The number of nitrogens with two attached hydrogens (primary N) is 1. The van der Waals surface area contributed by atoms with Crippen molar-refractivity contribution in [3.05, 3.63) is 18.3 Å². The number of hydrogen-bond donors (Lipinski definition) is 1. The van der Waals surface area contributed by atoms with Gasteiger partial charge in [0.05, 0.1) is 24.8 Å². The van der Waals surface area contributed by atoms with E-state index in [0.717, 1.165) is 30.2 Å². The Bertz CT molecular complexity index is 585. The Kier molecular flexibility index (Phi) is 3.38. The van der Waals surface area contributed by atoms with E-state index in [9.17, 15) is 0 Å². The van der Waals surface area contributed by atoms with Gasteiger partial charge in [-0.1, -0.05) is 12.8 Å². The maximum Gasteiger partial charge on any atom is 0.134 e. The lowest BCUT2D eigenvalue weighted by Crippen LogP contribution is -2.04. The monoisotopic (exact) mass is 243 g/mol. The van der Waals surface area contributed by atoms with E-state index in [2.05, 4.69) is 27.4 Å². The fourth-order valence-electron chi connectivity index (χ4n) is 2.00. The third-order valence-electron chi connectivity index (χ3n) is 2.87. The average Bonchev–Trinajstić information content (AvgIpc) is 2.89. The van der Waals surface area contributed by atoms with E-state index in [4.69, 9.17) is 12.2 Å². The molecule has 0 radical (unpaired) electrons. The van der Waals surface area contributed by atoms with Crippen LogP contribution in [0.15, 0.2) is 12.5 Å². The zero-order valence-electron chi connectivity index (χ0n) is 10.7. The number of aromatic nitrogens is 4. The van der Waals surface area contributed by atoms with Gasteiger partial charge in [0, 0.05) is 6.54 Å². The van der Waals surface area contributed by atoms with E-state index < -0.39 is 0 Å². The minimum atomic E-state index is 0.437. The number of aryl methyl sites for hydroxylation is 2. The van der Waals surface area contributed by atoms with Crippen molar-refractivity contribution in [1.82, 2.24) is 19.1 Å². The van der Waals surface area contributed by atoms with Crippen LogP contribution in [0.5, 0.6) is 0 Å². The van der Waals surface area contributed by atoms with Gasteiger partial charge in [0.2, 0.25) is 0 Å². The summed E-state index contributed by atoms with van der Waals surface area (Å²) < 4.78 is 3.89. The molecular formula is C13H17N5. The lowest BCUT2D eigenvalue weighted by atomic mass is 10.3. The van der Waals surface area contributed by atoms with Crippen LogP contribution in [-0.2, 0) is 13.1 Å². The van der Waals surface area contributed by atoms with Gasteiger partial charge in [-0.05, 0) is 13.3 Å². The maximum atomic E-state index is 6.11. The van der Waals surface area contributed by atoms with Crippen LogP contribution in [0, 0.1) is 19.3 Å². The minimum Gasteiger partial charge on any atom is -0.383 e. The van der Waals surface area contributed by atoms with Crippen molar-refractivity contribution >= 4 is 5.82 Å². The minimum absolute atomic E-state index is 0.437. The highest BCUT2D eigenvalue weighted by Crippen LogP contribution is 2.26. The van der Waals surface area contributed by atoms with E-state index in [-0.39, 0.29) is 0 Å². The van der Waals surface area contributed by atoms with Crippen molar-refractivity contribution in [3.8, 4) is 23.7 Å². The molecule has 2 aromatic heterocycles. The Morgan fingerprint density at radius 1 is 1.50 bits per heavy atom. The van der Waals surface area contributed by atoms with Gasteiger partial charge in [-0.3, -0.25) is 0 Å². The van der Waals surface area contributed by atoms with Crippen LogP contribution in [-0.4, -0.2) is 19.1 Å². The van der Waals surface area contributed by atoms with Crippen LogP contribution in [0.1, 0.15) is 19.2 Å². The predicted octanol–water partition coefficient (Wildman–Crippen LogP) is 1.68. The van der Waals surface area contributed by atoms with Crippen molar-refractivity contribution in [2.75, 3.05) is 5.73 Å². The SMILES string of the molecule is C#CCn1c(C)nc(-c2cncn2CCC)c1N. The van der Waals surface area contributed by atoms with Crippen molar-refractivity contribution < 1.29 is 0 Å². The summed E-state index contributed by atoms with van der Waals surface area (Å²) in [6, 6.07) is 0. The highest BCUT2D eigenvalue weighted by atomic mass is 15.2. The van der Waals surface area contributed by atoms with Crippen LogP contribution in [0.3, 0.4) is 0 Å². The molecule has 5 nitrogen and oxygen atoms in total. The number of rotatable bonds is 4. The Balaban J connectivity index is 2.48. The largest absolute Gasteiger partial charge is 0.383 e. The smallest absolute Gasteiger partial charge is 0.134 e. The predicted molar refractivity (Wildman–Crippen MR) is 71.7 cm³/mol. The number of nitrogens with zero attached hydrogens (tertiary/aromatic N) is 4. The van der Waals surface area contributed by atoms with Crippen LogP contribution in [0.2, 0.25) is 0 Å². The molecule has 0 saturated heterocycles. The molecule has 0 unspecified atom stereocenters. The summed E-state index contributed by atoms with van der Waals surface area (Å²) in [6.45, 7) is 5.36. The zero-order valence-corrected chi connectivity index (χ0v) is 10.7. The standard InChI is InChI=1S/C13H17N5/c1-4-6-17-9-15-8-11(17)12-13(14)18(7-5-2)10(3)16-12/h2,8-9H,4,6-7,14H2,1,3H3. The molecule has 94 valence electrons. The van der Waals surface area contributed by atoms with Gasteiger partial charge in [0.15, 0.2) is 0 Å². The molecule has 0 spiro atoms.